The van der Waals surface area contributed by atoms with Crippen molar-refractivity contribution in [1.29, 1.82) is 0 Å². The van der Waals surface area contributed by atoms with Gasteiger partial charge < -0.3 is 4.74 Å². The number of hydrogen-bond acceptors (Lipinski definition) is 3. The van der Waals surface area contributed by atoms with Gasteiger partial charge in [0.05, 0.1) is 18.4 Å². The van der Waals surface area contributed by atoms with Crippen molar-refractivity contribution in [2.75, 3.05) is 7.11 Å². The minimum absolute atomic E-state index is 0.247. The number of carbonyl (C=O) groups excluding carboxylic acids is 1. The largest absolute Gasteiger partial charge is 0.497 e. The molecule has 0 unspecified atom stereocenters. The van der Waals surface area contributed by atoms with Crippen molar-refractivity contribution in [2.45, 2.75) is 12.6 Å². The zero-order valence-corrected chi connectivity index (χ0v) is 12.1. The number of hydrogen-bond donors (Lipinski definition) is 0. The Labute approximate surface area is 130 Å². The van der Waals surface area contributed by atoms with Crippen molar-refractivity contribution in [2.24, 2.45) is 0 Å². The number of halogens is 3. The second-order valence-electron chi connectivity index (χ2n) is 5.13. The molecule has 0 saturated carbocycles. The number of rotatable bonds is 2. The van der Waals surface area contributed by atoms with Crippen LogP contribution in [-0.4, -0.2) is 17.9 Å². The van der Waals surface area contributed by atoms with E-state index < -0.39 is 11.7 Å². The summed E-state index contributed by atoms with van der Waals surface area (Å²) >= 11 is 0. The van der Waals surface area contributed by atoms with Crippen LogP contribution in [0.5, 0.6) is 5.75 Å². The van der Waals surface area contributed by atoms with Crippen LogP contribution in [0.15, 0.2) is 42.1 Å². The van der Waals surface area contributed by atoms with Gasteiger partial charge in [0.2, 0.25) is 0 Å². The topological polar surface area (TPSA) is 39.2 Å². The summed E-state index contributed by atoms with van der Waals surface area (Å²) in [7, 11) is 1.51. The van der Waals surface area contributed by atoms with E-state index in [0.29, 0.717) is 11.3 Å². The van der Waals surface area contributed by atoms with E-state index in [1.807, 2.05) is 0 Å². The summed E-state index contributed by atoms with van der Waals surface area (Å²) in [6.45, 7) is 0. The van der Waals surface area contributed by atoms with E-state index in [1.54, 1.807) is 18.2 Å². The molecule has 0 spiro atoms. The lowest BCUT2D eigenvalue weighted by Crippen LogP contribution is -2.09. The summed E-state index contributed by atoms with van der Waals surface area (Å²) in [6, 6.07) is 7.18. The molecule has 23 heavy (non-hydrogen) atoms. The molecule has 2 aromatic rings. The number of aromatic nitrogens is 1. The number of allylic oxidation sites excluding steroid dienone is 1. The zero-order valence-electron chi connectivity index (χ0n) is 12.1. The zero-order chi connectivity index (χ0) is 16.6. The molecule has 1 aliphatic carbocycles. The lowest BCUT2D eigenvalue weighted by atomic mass is 10.1. The van der Waals surface area contributed by atoms with Crippen molar-refractivity contribution in [3.8, 4) is 5.75 Å². The van der Waals surface area contributed by atoms with E-state index in [0.717, 1.165) is 11.6 Å². The highest BCUT2D eigenvalue weighted by Crippen LogP contribution is 2.34. The van der Waals surface area contributed by atoms with E-state index >= 15 is 0 Å². The van der Waals surface area contributed by atoms with E-state index in [2.05, 4.69) is 4.98 Å². The highest BCUT2D eigenvalue weighted by molar-refractivity contribution is 6.15. The first kappa shape index (κ1) is 15.3. The molecule has 1 heterocycles. The van der Waals surface area contributed by atoms with Crippen LogP contribution in [0.1, 0.15) is 27.2 Å². The molecule has 0 N–H and O–H groups in total. The van der Waals surface area contributed by atoms with Crippen LogP contribution in [0.2, 0.25) is 0 Å². The molecular formula is C17H12F3NO2. The first-order valence-electron chi connectivity index (χ1n) is 6.84. The molecule has 0 atom stereocenters. The first-order chi connectivity index (χ1) is 10.9. The number of methoxy groups -OCH3 is 1. The van der Waals surface area contributed by atoms with Crippen LogP contribution in [0.3, 0.4) is 0 Å². The van der Waals surface area contributed by atoms with Crippen LogP contribution in [-0.2, 0) is 12.6 Å². The predicted molar refractivity (Wildman–Crippen MR) is 78.2 cm³/mol. The van der Waals surface area contributed by atoms with Gasteiger partial charge in [0.1, 0.15) is 5.75 Å². The van der Waals surface area contributed by atoms with Crippen molar-refractivity contribution in [3.63, 3.8) is 0 Å². The van der Waals surface area contributed by atoms with Crippen LogP contribution < -0.4 is 4.74 Å². The summed E-state index contributed by atoms with van der Waals surface area (Å²) < 4.78 is 44.1. The van der Waals surface area contributed by atoms with Crippen LogP contribution in [0, 0.1) is 0 Å². The SMILES string of the molecule is COc1ccc2c(c1)C/C(=C\c1ncccc1C(F)(F)F)C2=O. The van der Waals surface area contributed by atoms with Gasteiger partial charge in [-0.15, -0.1) is 0 Å². The predicted octanol–water partition coefficient (Wildman–Crippen LogP) is 3.93. The Hall–Kier alpha value is -2.63. The van der Waals surface area contributed by atoms with Crippen LogP contribution in [0.25, 0.3) is 6.08 Å². The Kier molecular flexibility index (Phi) is 3.67. The van der Waals surface area contributed by atoms with Gasteiger partial charge in [-0.2, -0.15) is 13.2 Å². The number of ether oxygens (including phenoxy) is 1. The summed E-state index contributed by atoms with van der Waals surface area (Å²) in [5, 5.41) is 0. The summed E-state index contributed by atoms with van der Waals surface area (Å²) in [5.41, 5.74) is 0.418. The van der Waals surface area contributed by atoms with Gasteiger partial charge >= 0.3 is 6.18 Å². The second-order valence-corrected chi connectivity index (χ2v) is 5.13. The molecule has 1 aromatic carbocycles. The maximum Gasteiger partial charge on any atom is 0.418 e. The van der Waals surface area contributed by atoms with E-state index in [-0.39, 0.29) is 23.5 Å². The Balaban J connectivity index is 2.02. The van der Waals surface area contributed by atoms with E-state index in [1.165, 1.54) is 25.4 Å². The molecule has 1 aliphatic rings. The minimum Gasteiger partial charge on any atom is -0.497 e. The quantitative estimate of drug-likeness (QED) is 0.787. The van der Waals surface area contributed by atoms with Gasteiger partial charge in [0, 0.05) is 23.8 Å². The molecule has 0 fully saturated rings. The monoisotopic (exact) mass is 319 g/mol. The number of Topliss-reactive ketones (excluding diaryl/α,β-unsaturated/α-hetero) is 1. The summed E-state index contributed by atoms with van der Waals surface area (Å²) in [6.07, 6.45) is -1.76. The number of benzene rings is 1. The van der Waals surface area contributed by atoms with Gasteiger partial charge in [-0.1, -0.05) is 0 Å². The molecule has 3 rings (SSSR count). The molecule has 0 radical (unpaired) electrons. The maximum atomic E-state index is 13.0. The van der Waals surface area contributed by atoms with Crippen LogP contribution in [0.4, 0.5) is 13.2 Å². The fraction of sp³-hybridized carbons (Fsp3) is 0.176. The maximum absolute atomic E-state index is 13.0. The van der Waals surface area contributed by atoms with E-state index in [9.17, 15) is 18.0 Å². The molecule has 118 valence electrons. The number of alkyl halides is 3. The third kappa shape index (κ3) is 2.84. The normalized spacial score (nSPS) is 15.8. The van der Waals surface area contributed by atoms with Gasteiger partial charge in [-0.25, -0.2) is 0 Å². The molecule has 6 heteroatoms. The van der Waals surface area contributed by atoms with Crippen molar-refractivity contribution < 1.29 is 22.7 Å². The average Bonchev–Trinajstić information content (AvgIpc) is 2.82. The van der Waals surface area contributed by atoms with Crippen LogP contribution >= 0.6 is 0 Å². The number of carbonyl (C=O) groups is 1. The molecule has 0 saturated heterocycles. The number of fused-ring (bicyclic) bond motifs is 1. The average molecular weight is 319 g/mol. The third-order valence-electron chi connectivity index (χ3n) is 3.68. The first-order valence-corrected chi connectivity index (χ1v) is 6.84. The standard InChI is InChI=1S/C17H12F3NO2/c1-23-12-4-5-13-10(8-12)7-11(16(13)22)9-15-14(17(18,19)20)3-2-6-21-15/h2-6,8-9H,7H2,1H3/b11-9+. The lowest BCUT2D eigenvalue weighted by Gasteiger charge is -2.09. The molecule has 0 aliphatic heterocycles. The van der Waals surface area contributed by atoms with Crippen molar-refractivity contribution in [3.05, 3.63) is 64.5 Å². The van der Waals surface area contributed by atoms with Crippen molar-refractivity contribution in [1.82, 2.24) is 4.98 Å². The number of ketones is 1. The minimum atomic E-state index is -4.52. The van der Waals surface area contributed by atoms with Gasteiger partial charge in [-0.3, -0.25) is 9.78 Å². The molecule has 0 amide bonds. The number of pyridine rings is 1. The highest BCUT2D eigenvalue weighted by Gasteiger charge is 2.34. The molecular weight excluding hydrogens is 307 g/mol. The number of nitrogens with zero attached hydrogens (tertiary/aromatic N) is 1. The Bertz CT molecular complexity index is 810. The van der Waals surface area contributed by atoms with Gasteiger partial charge in [0.15, 0.2) is 5.78 Å². The molecule has 1 aromatic heterocycles. The lowest BCUT2D eigenvalue weighted by molar-refractivity contribution is -0.138. The van der Waals surface area contributed by atoms with E-state index in [4.69, 9.17) is 4.74 Å². The fourth-order valence-electron chi connectivity index (χ4n) is 2.58. The fourth-order valence-corrected chi connectivity index (χ4v) is 2.58. The van der Waals surface area contributed by atoms with Gasteiger partial charge in [0.25, 0.3) is 0 Å². The Morgan fingerprint density at radius 1 is 1.26 bits per heavy atom. The molecule has 0 bridgehead atoms. The summed E-state index contributed by atoms with van der Waals surface area (Å²) in [4.78, 5) is 16.1. The third-order valence-corrected chi connectivity index (χ3v) is 3.68. The van der Waals surface area contributed by atoms with Gasteiger partial charge in [-0.05, 0) is 42.0 Å². The highest BCUT2D eigenvalue weighted by atomic mass is 19.4. The Morgan fingerprint density at radius 3 is 2.74 bits per heavy atom. The summed E-state index contributed by atoms with van der Waals surface area (Å²) in [5.74, 6) is 0.327. The Morgan fingerprint density at radius 2 is 2.04 bits per heavy atom. The second kappa shape index (κ2) is 5.53. The van der Waals surface area contributed by atoms with Crippen molar-refractivity contribution >= 4 is 11.9 Å². The molecule has 3 nitrogen and oxygen atoms in total. The smallest absolute Gasteiger partial charge is 0.418 e.